The Morgan fingerprint density at radius 2 is 0.824 bits per heavy atom. The van der Waals surface area contributed by atoms with Gasteiger partial charge in [-0.25, -0.2) is 0 Å². The minimum atomic E-state index is -1.91. The van der Waals surface area contributed by atoms with Crippen LogP contribution in [0.15, 0.2) is 0 Å². The molecule has 0 aliphatic heterocycles. The summed E-state index contributed by atoms with van der Waals surface area (Å²) in [5, 5.41) is 8.06. The van der Waals surface area contributed by atoms with Crippen molar-refractivity contribution in [3.8, 4) is 0 Å². The van der Waals surface area contributed by atoms with Crippen LogP contribution in [0.25, 0.3) is 0 Å². The van der Waals surface area contributed by atoms with Crippen LogP contribution >= 0.6 is 0 Å². The maximum atomic E-state index is 8.06. The van der Waals surface area contributed by atoms with E-state index in [1.54, 1.807) is 13.8 Å². The zero-order valence-electron chi connectivity index (χ0n) is 12.6. The molecule has 104 valence electrons. The van der Waals surface area contributed by atoms with Crippen LogP contribution in [-0.4, -0.2) is 44.7 Å². The van der Waals surface area contributed by atoms with Crippen LogP contribution in [0.1, 0.15) is 55.4 Å². The average Bonchev–Trinajstić information content (AvgIpc) is 1.96. The second-order valence-electron chi connectivity index (χ2n) is 4.94. The van der Waals surface area contributed by atoms with Gasteiger partial charge in [0.15, 0.2) is 0 Å². The Hall–Kier alpha value is 0.372. The van der Waals surface area contributed by atoms with E-state index < -0.39 is 15.1 Å². The molecule has 0 aromatic carbocycles. The number of rotatable bonds is 6. The van der Waals surface area contributed by atoms with E-state index in [0.717, 1.165) is 0 Å². The molecule has 17 heavy (non-hydrogen) atoms. The maximum absolute atomic E-state index is 8.06. The molecule has 0 aromatic heterocycles. The van der Waals surface area contributed by atoms with Crippen molar-refractivity contribution in [2.75, 3.05) is 0 Å². The molecule has 0 unspecified atom stereocenters. The number of aliphatic hydroxyl groups excluding tert-OH is 1. The molecule has 0 aliphatic carbocycles. The van der Waals surface area contributed by atoms with Crippen LogP contribution in [0.2, 0.25) is 0 Å². The standard InChI is InChI=1S/C3H8O.3C3H7O.Al/c4*1-3(2)4;/h3-4H,1-2H3;3*3H,1-2H3;/q;3*-1;+3. The van der Waals surface area contributed by atoms with E-state index in [9.17, 15) is 0 Å². The third-order valence-electron chi connectivity index (χ3n) is 1.15. The predicted molar refractivity (Wildman–Crippen MR) is 71.8 cm³/mol. The van der Waals surface area contributed by atoms with E-state index in [0.29, 0.717) is 0 Å². The van der Waals surface area contributed by atoms with Gasteiger partial charge in [0.1, 0.15) is 0 Å². The van der Waals surface area contributed by atoms with Gasteiger partial charge in [-0.2, -0.15) is 0 Å². The molecule has 1 N–H and O–H groups in total. The third kappa shape index (κ3) is 22.1. The zero-order valence-corrected chi connectivity index (χ0v) is 13.7. The number of aliphatic hydroxyl groups is 1. The summed E-state index contributed by atoms with van der Waals surface area (Å²) in [4.78, 5) is 0. The zero-order chi connectivity index (χ0) is 14.0. The summed E-state index contributed by atoms with van der Waals surface area (Å²) < 4.78 is 16.7. The first-order valence-corrected chi connectivity index (χ1v) is 7.71. The Morgan fingerprint density at radius 1 is 0.647 bits per heavy atom. The van der Waals surface area contributed by atoms with Gasteiger partial charge in [0, 0.05) is 24.4 Å². The second kappa shape index (κ2) is 11.5. The highest BCUT2D eigenvalue weighted by Crippen LogP contribution is 2.04. The van der Waals surface area contributed by atoms with Gasteiger partial charge in [-0.05, 0) is 55.4 Å². The lowest BCUT2D eigenvalue weighted by Gasteiger charge is -2.19. The monoisotopic (exact) mass is 264 g/mol. The Balaban J connectivity index is 0. The molecule has 0 spiro atoms. The molecule has 0 fully saturated rings. The van der Waals surface area contributed by atoms with Gasteiger partial charge in [0.2, 0.25) is 0 Å². The summed E-state index contributed by atoms with van der Waals surface area (Å²) in [5.41, 5.74) is 0. The molecule has 0 radical (unpaired) electrons. The first kappa shape index (κ1) is 19.7. The minimum Gasteiger partial charge on any atom is -0.452 e. The van der Waals surface area contributed by atoms with Gasteiger partial charge in [0.25, 0.3) is 0 Å². The molecule has 5 heteroatoms. The fourth-order valence-electron chi connectivity index (χ4n) is 0.763. The highest BCUT2D eigenvalue weighted by molar-refractivity contribution is 6.36. The van der Waals surface area contributed by atoms with E-state index in [-0.39, 0.29) is 24.4 Å². The SMILES string of the molecule is CC(C)O.CC(C)[O][Al]([O]C(C)C)[O]C(C)C. The summed E-state index contributed by atoms with van der Waals surface area (Å²) in [6, 6.07) is 0. The van der Waals surface area contributed by atoms with Gasteiger partial charge in [-0.3, -0.25) is 0 Å². The first-order chi connectivity index (χ1) is 7.65. The molecule has 0 saturated carbocycles. The van der Waals surface area contributed by atoms with Gasteiger partial charge in [0.05, 0.1) is 0 Å². The largest absolute Gasteiger partial charge is 0.906 e. The summed E-state index contributed by atoms with van der Waals surface area (Å²) in [6.45, 7) is 15.4. The lowest BCUT2D eigenvalue weighted by atomic mass is 10.5. The van der Waals surface area contributed by atoms with Crippen molar-refractivity contribution in [1.82, 2.24) is 0 Å². The van der Waals surface area contributed by atoms with E-state index in [4.69, 9.17) is 16.5 Å². The molecule has 0 aliphatic rings. The Morgan fingerprint density at radius 3 is 0.941 bits per heavy atom. The average molecular weight is 264 g/mol. The van der Waals surface area contributed by atoms with Crippen molar-refractivity contribution in [3.63, 3.8) is 0 Å². The van der Waals surface area contributed by atoms with E-state index in [1.165, 1.54) is 0 Å². The molecule has 4 nitrogen and oxygen atoms in total. The van der Waals surface area contributed by atoms with Crippen LogP contribution in [0, 0.1) is 0 Å². The summed E-state index contributed by atoms with van der Waals surface area (Å²) in [6.07, 6.45) is 0.359. The fraction of sp³-hybridized carbons (Fsp3) is 1.00. The lowest BCUT2D eigenvalue weighted by Crippen LogP contribution is -2.34. The summed E-state index contributed by atoms with van der Waals surface area (Å²) >= 11 is -1.91. The lowest BCUT2D eigenvalue weighted by molar-refractivity contribution is 0.0335. The smallest absolute Gasteiger partial charge is 0.452 e. The van der Waals surface area contributed by atoms with E-state index in [2.05, 4.69) is 0 Å². The molecule has 0 bridgehead atoms. The van der Waals surface area contributed by atoms with E-state index >= 15 is 0 Å². The van der Waals surface area contributed by atoms with Crippen LogP contribution in [0.4, 0.5) is 0 Å². The molecule has 0 aromatic rings. The fourth-order valence-corrected chi connectivity index (χ4v) is 2.29. The molecule has 0 heterocycles. The highest BCUT2D eigenvalue weighted by Gasteiger charge is 2.34. The van der Waals surface area contributed by atoms with Crippen molar-refractivity contribution < 1.29 is 16.5 Å². The highest BCUT2D eigenvalue weighted by atomic mass is 27.3. The van der Waals surface area contributed by atoms with Crippen LogP contribution in [0.5, 0.6) is 0 Å². The quantitative estimate of drug-likeness (QED) is 0.749. The topological polar surface area (TPSA) is 47.9 Å². The van der Waals surface area contributed by atoms with Crippen LogP contribution < -0.4 is 0 Å². The third-order valence-corrected chi connectivity index (χ3v) is 3.45. The molecule has 0 rings (SSSR count). The van der Waals surface area contributed by atoms with Gasteiger partial charge < -0.3 is 16.5 Å². The second-order valence-corrected chi connectivity index (χ2v) is 6.33. The van der Waals surface area contributed by atoms with Crippen LogP contribution in [0.3, 0.4) is 0 Å². The Bertz CT molecular complexity index is 134. The van der Waals surface area contributed by atoms with E-state index in [1.807, 2.05) is 41.5 Å². The maximum Gasteiger partial charge on any atom is 0.906 e. The Labute approximate surface area is 112 Å². The molecule has 0 amide bonds. The van der Waals surface area contributed by atoms with Gasteiger partial charge in [-0.15, -0.1) is 0 Å². The van der Waals surface area contributed by atoms with Crippen molar-refractivity contribution >= 4 is 15.1 Å². The van der Waals surface area contributed by atoms with Crippen molar-refractivity contribution in [2.24, 2.45) is 0 Å². The molecular formula is C12H29AlO4. The van der Waals surface area contributed by atoms with Crippen LogP contribution in [-0.2, 0) is 11.4 Å². The van der Waals surface area contributed by atoms with Gasteiger partial charge in [-0.1, -0.05) is 0 Å². The minimum absolute atomic E-state index is 0.167. The molecule has 0 saturated heterocycles. The normalized spacial score (nSPS) is 11.1. The van der Waals surface area contributed by atoms with Crippen molar-refractivity contribution in [2.45, 2.75) is 79.8 Å². The predicted octanol–water partition coefficient (Wildman–Crippen LogP) is 2.63. The van der Waals surface area contributed by atoms with Gasteiger partial charge >= 0.3 is 15.1 Å². The summed E-state index contributed by atoms with van der Waals surface area (Å²) in [5.74, 6) is 0. The molecule has 0 atom stereocenters. The van der Waals surface area contributed by atoms with Crippen molar-refractivity contribution in [1.29, 1.82) is 0 Å². The number of hydrogen-bond donors (Lipinski definition) is 1. The number of hydrogen-bond acceptors (Lipinski definition) is 4. The van der Waals surface area contributed by atoms with Crippen molar-refractivity contribution in [3.05, 3.63) is 0 Å². The Kier molecular flexibility index (Phi) is 13.3. The first-order valence-electron chi connectivity index (χ1n) is 6.29. The molecular weight excluding hydrogens is 235 g/mol. The summed E-state index contributed by atoms with van der Waals surface area (Å²) in [7, 11) is 0.